The van der Waals surface area contributed by atoms with Crippen molar-refractivity contribution in [1.29, 1.82) is 0 Å². The summed E-state index contributed by atoms with van der Waals surface area (Å²) in [6, 6.07) is 9.14. The molecule has 36 heavy (non-hydrogen) atoms. The SMILES string of the molecule is Cc1nc(N2CC3(CC(c4nnc5n4-c4ccc(Cl)cc4CN(CC4(F)COC4)C5)C3)C2)ccc1F. The molecule has 3 aliphatic heterocycles. The number of alkyl halides is 1. The van der Waals surface area contributed by atoms with Gasteiger partial charge in [-0.3, -0.25) is 9.47 Å². The van der Waals surface area contributed by atoms with Gasteiger partial charge in [0, 0.05) is 42.5 Å². The molecule has 188 valence electrons. The maximum absolute atomic E-state index is 14.9. The summed E-state index contributed by atoms with van der Waals surface area (Å²) in [5.41, 5.74) is 1.43. The molecule has 7 nitrogen and oxygen atoms in total. The van der Waals surface area contributed by atoms with E-state index >= 15 is 0 Å². The summed E-state index contributed by atoms with van der Waals surface area (Å²) in [5.74, 6) is 2.67. The van der Waals surface area contributed by atoms with Crippen molar-refractivity contribution in [1.82, 2.24) is 24.6 Å². The van der Waals surface area contributed by atoms with Crippen LogP contribution in [0.25, 0.3) is 5.69 Å². The third-order valence-electron chi connectivity index (χ3n) is 8.13. The fourth-order valence-electron chi connectivity index (χ4n) is 6.34. The van der Waals surface area contributed by atoms with E-state index in [9.17, 15) is 8.78 Å². The van der Waals surface area contributed by atoms with Crippen molar-refractivity contribution in [2.24, 2.45) is 5.41 Å². The van der Waals surface area contributed by atoms with E-state index < -0.39 is 5.67 Å². The van der Waals surface area contributed by atoms with Gasteiger partial charge in [0.15, 0.2) is 11.5 Å². The second-order valence-electron chi connectivity index (χ2n) is 11.1. The minimum Gasteiger partial charge on any atom is -0.375 e. The zero-order valence-corrected chi connectivity index (χ0v) is 20.8. The van der Waals surface area contributed by atoms with Crippen LogP contribution < -0.4 is 4.90 Å². The highest BCUT2D eigenvalue weighted by atomic mass is 35.5. The normalized spacial score (nSPS) is 22.3. The monoisotopic (exact) mass is 512 g/mol. The summed E-state index contributed by atoms with van der Waals surface area (Å²) < 4.78 is 35.8. The van der Waals surface area contributed by atoms with Crippen molar-refractivity contribution < 1.29 is 13.5 Å². The lowest BCUT2D eigenvalue weighted by molar-refractivity contribution is -0.142. The summed E-state index contributed by atoms with van der Waals surface area (Å²) in [5, 5.41) is 9.87. The molecule has 0 atom stereocenters. The largest absolute Gasteiger partial charge is 0.375 e. The van der Waals surface area contributed by atoms with E-state index in [1.807, 2.05) is 18.2 Å². The standard InChI is InChI=1S/C26H27ClF2N6O/c1-16-20(28)3-5-22(30-16)34-11-25(12-34)7-18(8-25)24-32-31-23-10-33(13-26(29)14-36-15-26)9-17-6-19(27)2-4-21(17)35(23)24/h2-6,18H,7-15H2,1H3. The zero-order valence-electron chi connectivity index (χ0n) is 20.1. The highest BCUT2D eigenvalue weighted by molar-refractivity contribution is 6.30. The van der Waals surface area contributed by atoms with E-state index in [0.29, 0.717) is 36.3 Å². The second kappa shape index (κ2) is 7.94. The molecule has 1 spiro atoms. The first-order valence-corrected chi connectivity index (χ1v) is 12.8. The molecule has 2 saturated heterocycles. The van der Waals surface area contributed by atoms with Crippen LogP contribution in [0.5, 0.6) is 0 Å². The van der Waals surface area contributed by atoms with E-state index in [1.54, 1.807) is 13.0 Å². The van der Waals surface area contributed by atoms with Crippen LogP contribution in [0.1, 0.15) is 41.7 Å². The van der Waals surface area contributed by atoms with Gasteiger partial charge in [0.1, 0.15) is 17.5 Å². The van der Waals surface area contributed by atoms with Gasteiger partial charge in [-0.25, -0.2) is 13.8 Å². The van der Waals surface area contributed by atoms with E-state index in [0.717, 1.165) is 54.6 Å². The van der Waals surface area contributed by atoms with Crippen molar-refractivity contribution >= 4 is 17.4 Å². The van der Waals surface area contributed by atoms with Crippen LogP contribution >= 0.6 is 11.6 Å². The minimum atomic E-state index is -1.31. The molecule has 1 aromatic carbocycles. The van der Waals surface area contributed by atoms with Crippen LogP contribution in [0.4, 0.5) is 14.6 Å². The Labute approximate surface area is 213 Å². The van der Waals surface area contributed by atoms with Crippen LogP contribution in [-0.4, -0.2) is 63.2 Å². The Bertz CT molecular complexity index is 1340. The number of benzene rings is 1. The second-order valence-corrected chi connectivity index (χ2v) is 11.5. The maximum atomic E-state index is 14.9. The smallest absolute Gasteiger partial charge is 0.169 e. The molecular formula is C26H27ClF2N6O. The first-order valence-electron chi connectivity index (χ1n) is 12.4. The Morgan fingerprint density at radius 1 is 1.11 bits per heavy atom. The van der Waals surface area contributed by atoms with Gasteiger partial charge < -0.3 is 9.64 Å². The first kappa shape index (κ1) is 22.6. The number of hydrogen-bond donors (Lipinski definition) is 0. The Morgan fingerprint density at radius 2 is 1.92 bits per heavy atom. The van der Waals surface area contributed by atoms with Crippen molar-refractivity contribution in [3.8, 4) is 5.69 Å². The van der Waals surface area contributed by atoms with E-state index in [1.165, 1.54) is 6.07 Å². The molecule has 3 fully saturated rings. The molecule has 10 heteroatoms. The lowest BCUT2D eigenvalue weighted by Gasteiger charge is -2.59. The van der Waals surface area contributed by atoms with E-state index in [-0.39, 0.29) is 24.4 Å². The van der Waals surface area contributed by atoms with Gasteiger partial charge in [-0.1, -0.05) is 11.6 Å². The minimum absolute atomic E-state index is 0.137. The highest BCUT2D eigenvalue weighted by Crippen LogP contribution is 2.56. The van der Waals surface area contributed by atoms with Gasteiger partial charge in [-0.05, 0) is 55.7 Å². The predicted molar refractivity (Wildman–Crippen MR) is 131 cm³/mol. The van der Waals surface area contributed by atoms with Gasteiger partial charge in [0.05, 0.1) is 31.1 Å². The molecular weight excluding hydrogens is 486 g/mol. The van der Waals surface area contributed by atoms with E-state index in [2.05, 4.69) is 29.5 Å². The van der Waals surface area contributed by atoms with E-state index in [4.69, 9.17) is 16.3 Å². The molecule has 7 rings (SSSR count). The molecule has 2 aromatic heterocycles. The van der Waals surface area contributed by atoms with Crippen LogP contribution in [0.2, 0.25) is 5.02 Å². The van der Waals surface area contributed by atoms with Crippen molar-refractivity contribution in [3.05, 3.63) is 64.1 Å². The number of aryl methyl sites for hydroxylation is 1. The van der Waals surface area contributed by atoms with Crippen LogP contribution in [-0.2, 0) is 17.8 Å². The molecule has 5 heterocycles. The third-order valence-corrected chi connectivity index (χ3v) is 8.37. The number of anilines is 1. The Morgan fingerprint density at radius 3 is 2.64 bits per heavy atom. The summed E-state index contributed by atoms with van der Waals surface area (Å²) in [7, 11) is 0. The fraction of sp³-hybridized carbons (Fsp3) is 0.500. The summed E-state index contributed by atoms with van der Waals surface area (Å²) in [4.78, 5) is 8.71. The average Bonchev–Trinajstić information content (AvgIpc) is 3.09. The number of ether oxygens (including phenoxy) is 1. The topological polar surface area (TPSA) is 59.3 Å². The lowest BCUT2D eigenvalue weighted by atomic mass is 9.57. The third kappa shape index (κ3) is 3.63. The summed E-state index contributed by atoms with van der Waals surface area (Å²) in [6.45, 7) is 5.22. The Hall–Kier alpha value is -2.62. The molecule has 0 bridgehead atoms. The first-order chi connectivity index (χ1) is 17.3. The number of nitrogens with zero attached hydrogens (tertiary/aromatic N) is 6. The predicted octanol–water partition coefficient (Wildman–Crippen LogP) is 4.20. The van der Waals surface area contributed by atoms with Crippen molar-refractivity contribution in [2.45, 2.75) is 44.4 Å². The van der Waals surface area contributed by atoms with Gasteiger partial charge in [-0.15, -0.1) is 10.2 Å². The lowest BCUT2D eigenvalue weighted by Crippen LogP contribution is -2.62. The number of aromatic nitrogens is 4. The van der Waals surface area contributed by atoms with Crippen molar-refractivity contribution in [3.63, 3.8) is 0 Å². The van der Waals surface area contributed by atoms with Crippen LogP contribution in [0.15, 0.2) is 30.3 Å². The van der Waals surface area contributed by atoms with Gasteiger partial charge in [0.25, 0.3) is 0 Å². The fourth-order valence-corrected chi connectivity index (χ4v) is 6.54. The quantitative estimate of drug-likeness (QED) is 0.522. The van der Waals surface area contributed by atoms with Gasteiger partial charge >= 0.3 is 0 Å². The molecule has 4 aliphatic rings. The number of hydrogen-bond acceptors (Lipinski definition) is 6. The number of halogens is 3. The van der Waals surface area contributed by atoms with Gasteiger partial charge in [0.2, 0.25) is 0 Å². The maximum Gasteiger partial charge on any atom is 0.169 e. The number of fused-ring (bicyclic) bond motifs is 3. The molecule has 1 aliphatic carbocycles. The van der Waals surface area contributed by atoms with Crippen LogP contribution in [0, 0.1) is 18.2 Å². The molecule has 3 aromatic rings. The molecule has 0 N–H and O–H groups in total. The van der Waals surface area contributed by atoms with Crippen LogP contribution in [0.3, 0.4) is 0 Å². The molecule has 1 saturated carbocycles. The summed E-state index contributed by atoms with van der Waals surface area (Å²) >= 11 is 6.35. The summed E-state index contributed by atoms with van der Waals surface area (Å²) in [6.07, 6.45) is 2.05. The number of pyridine rings is 1. The highest BCUT2D eigenvalue weighted by Gasteiger charge is 2.54. The zero-order chi connectivity index (χ0) is 24.7. The Kier molecular flexibility index (Phi) is 4.98. The molecule has 0 unspecified atom stereocenters. The molecule has 0 radical (unpaired) electrons. The van der Waals surface area contributed by atoms with Crippen molar-refractivity contribution in [2.75, 3.05) is 37.7 Å². The number of rotatable bonds is 4. The van der Waals surface area contributed by atoms with Gasteiger partial charge in [-0.2, -0.15) is 0 Å². The average molecular weight is 513 g/mol. The Balaban J connectivity index is 1.12. The molecule has 0 amide bonds.